The minimum absolute atomic E-state index is 0.0544. The van der Waals surface area contributed by atoms with Gasteiger partial charge in [0.25, 0.3) is 0 Å². The van der Waals surface area contributed by atoms with Crippen LogP contribution in [0.15, 0.2) is 29.3 Å². The molecule has 0 aliphatic carbocycles. The van der Waals surface area contributed by atoms with Crippen LogP contribution in [0, 0.1) is 0 Å². The summed E-state index contributed by atoms with van der Waals surface area (Å²) in [5.74, 6) is 1.61. The molecule has 1 heterocycles. The maximum atomic E-state index is 11.9. The molecule has 7 nitrogen and oxygen atoms in total. The molecule has 0 aromatic heterocycles. The van der Waals surface area contributed by atoms with Gasteiger partial charge in [0, 0.05) is 31.2 Å². The van der Waals surface area contributed by atoms with Gasteiger partial charge in [0.15, 0.2) is 5.96 Å². The molecule has 1 aliphatic heterocycles. The Balaban J connectivity index is 1.75. The smallest absolute Gasteiger partial charge is 0.213 e. The van der Waals surface area contributed by atoms with Crippen LogP contribution in [0.25, 0.3) is 0 Å². The van der Waals surface area contributed by atoms with Gasteiger partial charge in [-0.25, -0.2) is 12.7 Å². The molecule has 0 amide bonds. The van der Waals surface area contributed by atoms with Crippen molar-refractivity contribution >= 4 is 27.6 Å². The number of guanidine groups is 1. The predicted octanol–water partition coefficient (Wildman–Crippen LogP) is 2.09. The van der Waals surface area contributed by atoms with Gasteiger partial charge in [-0.15, -0.1) is 0 Å². The number of ether oxygens (including phenoxy) is 1. The third-order valence-electron chi connectivity index (χ3n) is 4.48. The van der Waals surface area contributed by atoms with E-state index < -0.39 is 10.0 Å². The lowest BCUT2D eigenvalue weighted by molar-refractivity contribution is 0.223. The van der Waals surface area contributed by atoms with Crippen LogP contribution in [0.1, 0.15) is 26.7 Å². The fourth-order valence-electron chi connectivity index (χ4n) is 2.88. The molecule has 152 valence electrons. The lowest BCUT2D eigenvalue weighted by atomic mass is 10.1. The summed E-state index contributed by atoms with van der Waals surface area (Å²) >= 11 is 5.88. The van der Waals surface area contributed by atoms with Crippen molar-refractivity contribution in [2.45, 2.75) is 38.8 Å². The van der Waals surface area contributed by atoms with E-state index in [0.717, 1.165) is 18.6 Å². The summed E-state index contributed by atoms with van der Waals surface area (Å²) in [6, 6.07) is 7.46. The van der Waals surface area contributed by atoms with Gasteiger partial charge in [-0.05, 0) is 51.0 Å². The Morgan fingerprint density at radius 3 is 2.52 bits per heavy atom. The molecule has 1 saturated heterocycles. The topological polar surface area (TPSA) is 83.0 Å². The Morgan fingerprint density at radius 1 is 1.33 bits per heavy atom. The zero-order chi connectivity index (χ0) is 19.9. The van der Waals surface area contributed by atoms with Crippen molar-refractivity contribution in [2.24, 2.45) is 4.99 Å². The average molecular weight is 417 g/mol. The Bertz CT molecular complexity index is 717. The Kier molecular flexibility index (Phi) is 8.19. The largest absolute Gasteiger partial charge is 0.489 e. The Labute approximate surface area is 167 Å². The first-order valence-corrected chi connectivity index (χ1v) is 11.2. The molecule has 1 aromatic rings. The van der Waals surface area contributed by atoms with Gasteiger partial charge in [-0.2, -0.15) is 0 Å². The van der Waals surface area contributed by atoms with Crippen LogP contribution in [-0.4, -0.2) is 63.3 Å². The second-order valence-corrected chi connectivity index (χ2v) is 9.25. The fraction of sp³-hybridized carbons (Fsp3) is 0.611. The number of rotatable bonds is 7. The summed E-state index contributed by atoms with van der Waals surface area (Å²) in [5.41, 5.74) is 0. The SMILES string of the molecule is CCS(=O)(=O)N1CCC(NC(=NC)NCC(C)Oc2ccc(Cl)cc2)CC1. The first-order chi connectivity index (χ1) is 12.8. The second kappa shape index (κ2) is 10.1. The number of sulfonamides is 1. The molecule has 1 atom stereocenters. The minimum Gasteiger partial charge on any atom is -0.489 e. The van der Waals surface area contributed by atoms with E-state index in [1.165, 1.54) is 0 Å². The number of nitrogens with one attached hydrogen (secondary N) is 2. The van der Waals surface area contributed by atoms with Crippen LogP contribution in [0.2, 0.25) is 5.02 Å². The minimum atomic E-state index is -3.10. The lowest BCUT2D eigenvalue weighted by Gasteiger charge is -2.32. The number of piperidine rings is 1. The van der Waals surface area contributed by atoms with E-state index >= 15 is 0 Å². The molecule has 1 aliphatic rings. The van der Waals surface area contributed by atoms with Crippen LogP contribution in [0.4, 0.5) is 0 Å². The molecule has 9 heteroatoms. The number of halogens is 1. The van der Waals surface area contributed by atoms with Crippen molar-refractivity contribution in [1.29, 1.82) is 0 Å². The molecule has 0 saturated carbocycles. The summed E-state index contributed by atoms with van der Waals surface area (Å²) in [6.07, 6.45) is 1.47. The zero-order valence-corrected chi connectivity index (χ0v) is 17.7. The molecule has 0 radical (unpaired) electrons. The van der Waals surface area contributed by atoms with E-state index in [0.29, 0.717) is 30.6 Å². The third kappa shape index (κ3) is 6.86. The van der Waals surface area contributed by atoms with Crippen LogP contribution in [0.3, 0.4) is 0 Å². The number of hydrogen-bond acceptors (Lipinski definition) is 4. The summed E-state index contributed by atoms with van der Waals surface area (Å²) < 4.78 is 31.3. The molecular formula is C18H29ClN4O3S. The molecule has 0 bridgehead atoms. The van der Waals surface area contributed by atoms with E-state index in [1.54, 1.807) is 30.4 Å². The molecule has 1 aromatic carbocycles. The monoisotopic (exact) mass is 416 g/mol. The molecule has 1 unspecified atom stereocenters. The van der Waals surface area contributed by atoms with Gasteiger partial charge in [0.2, 0.25) is 10.0 Å². The number of nitrogens with zero attached hydrogens (tertiary/aromatic N) is 2. The van der Waals surface area contributed by atoms with Crippen LogP contribution in [0.5, 0.6) is 5.75 Å². The van der Waals surface area contributed by atoms with E-state index in [1.807, 2.05) is 19.1 Å². The first kappa shape index (κ1) is 21.8. The summed E-state index contributed by atoms with van der Waals surface area (Å²) in [6.45, 7) is 5.33. The molecular weight excluding hydrogens is 388 g/mol. The second-order valence-electron chi connectivity index (χ2n) is 6.55. The van der Waals surface area contributed by atoms with Gasteiger partial charge in [-0.3, -0.25) is 4.99 Å². The van der Waals surface area contributed by atoms with E-state index in [-0.39, 0.29) is 17.9 Å². The highest BCUT2D eigenvalue weighted by Gasteiger charge is 2.27. The zero-order valence-electron chi connectivity index (χ0n) is 16.1. The Morgan fingerprint density at radius 2 is 1.96 bits per heavy atom. The molecule has 27 heavy (non-hydrogen) atoms. The molecule has 0 spiro atoms. The molecule has 2 rings (SSSR count). The van der Waals surface area contributed by atoms with E-state index in [2.05, 4.69) is 15.6 Å². The standard InChI is InChI=1S/C18H29ClN4O3S/c1-4-27(24,25)23-11-9-16(10-12-23)22-18(20-3)21-13-14(2)26-17-7-5-15(19)6-8-17/h5-8,14,16H,4,9-13H2,1-3H3,(H2,20,21,22). The summed E-state index contributed by atoms with van der Waals surface area (Å²) in [4.78, 5) is 4.25. The van der Waals surface area contributed by atoms with Crippen LogP contribution >= 0.6 is 11.6 Å². The quantitative estimate of drug-likeness (QED) is 0.525. The number of benzene rings is 1. The maximum absolute atomic E-state index is 11.9. The molecule has 1 fully saturated rings. The fourth-order valence-corrected chi connectivity index (χ4v) is 4.13. The maximum Gasteiger partial charge on any atom is 0.213 e. The van der Waals surface area contributed by atoms with E-state index in [9.17, 15) is 8.42 Å². The van der Waals surface area contributed by atoms with Crippen molar-refractivity contribution < 1.29 is 13.2 Å². The summed E-state index contributed by atoms with van der Waals surface area (Å²) in [7, 11) is -1.38. The normalized spacial score (nSPS) is 18.1. The van der Waals surface area contributed by atoms with Crippen LogP contribution < -0.4 is 15.4 Å². The molecule has 2 N–H and O–H groups in total. The van der Waals surface area contributed by atoms with Crippen molar-refractivity contribution in [3.8, 4) is 5.75 Å². The lowest BCUT2D eigenvalue weighted by Crippen LogP contribution is -2.51. The Hall–Kier alpha value is -1.51. The van der Waals surface area contributed by atoms with Crippen molar-refractivity contribution in [3.05, 3.63) is 29.3 Å². The highest BCUT2D eigenvalue weighted by molar-refractivity contribution is 7.89. The van der Waals surface area contributed by atoms with Crippen LogP contribution in [-0.2, 0) is 10.0 Å². The van der Waals surface area contributed by atoms with Crippen molar-refractivity contribution in [1.82, 2.24) is 14.9 Å². The van der Waals surface area contributed by atoms with Crippen molar-refractivity contribution in [2.75, 3.05) is 32.4 Å². The highest BCUT2D eigenvalue weighted by Crippen LogP contribution is 2.17. The average Bonchev–Trinajstić information content (AvgIpc) is 2.67. The number of aliphatic imine (C=N–C) groups is 1. The van der Waals surface area contributed by atoms with Crippen molar-refractivity contribution in [3.63, 3.8) is 0 Å². The third-order valence-corrected chi connectivity index (χ3v) is 6.62. The van der Waals surface area contributed by atoms with Gasteiger partial charge in [0.05, 0.1) is 12.3 Å². The van der Waals surface area contributed by atoms with Gasteiger partial charge < -0.3 is 15.4 Å². The van der Waals surface area contributed by atoms with Gasteiger partial charge in [-0.1, -0.05) is 11.6 Å². The highest BCUT2D eigenvalue weighted by atomic mass is 35.5. The number of hydrogen-bond donors (Lipinski definition) is 2. The first-order valence-electron chi connectivity index (χ1n) is 9.21. The van der Waals surface area contributed by atoms with E-state index in [4.69, 9.17) is 16.3 Å². The van der Waals surface area contributed by atoms with Gasteiger partial charge >= 0.3 is 0 Å². The summed E-state index contributed by atoms with van der Waals surface area (Å²) in [5, 5.41) is 7.30. The van der Waals surface area contributed by atoms with Gasteiger partial charge in [0.1, 0.15) is 11.9 Å². The predicted molar refractivity (Wildman–Crippen MR) is 110 cm³/mol.